The number of carbonyl (C=O) groups excluding carboxylic acids is 1. The number of pyridine rings is 1. The minimum atomic E-state index is -0.519. The van der Waals surface area contributed by atoms with Crippen molar-refractivity contribution in [3.05, 3.63) is 23.9 Å². The van der Waals surface area contributed by atoms with Gasteiger partial charge in [0.25, 0.3) is 5.91 Å². The molecular weight excluding hydrogens is 216 g/mol. The third-order valence-corrected chi connectivity index (χ3v) is 3.32. The molecule has 1 aromatic heterocycles. The molecule has 0 aromatic carbocycles. The molecule has 1 heterocycles. The summed E-state index contributed by atoms with van der Waals surface area (Å²) in [5.74, 6) is 0.724. The number of amides is 1. The highest BCUT2D eigenvalue weighted by atomic mass is 16.1. The van der Waals surface area contributed by atoms with E-state index in [2.05, 4.69) is 17.2 Å². The summed E-state index contributed by atoms with van der Waals surface area (Å²) in [6, 6.07) is 5.19. The van der Waals surface area contributed by atoms with Crippen molar-refractivity contribution >= 4 is 11.7 Å². The van der Waals surface area contributed by atoms with Crippen molar-refractivity contribution in [1.82, 2.24) is 4.98 Å². The Morgan fingerprint density at radius 3 is 2.82 bits per heavy atom. The van der Waals surface area contributed by atoms with Crippen molar-refractivity contribution in [2.45, 2.75) is 25.3 Å². The third kappa shape index (κ3) is 2.55. The van der Waals surface area contributed by atoms with Gasteiger partial charge in [0.15, 0.2) is 0 Å². The van der Waals surface area contributed by atoms with E-state index in [1.54, 1.807) is 12.1 Å². The maximum Gasteiger partial charge on any atom is 0.267 e. The molecule has 1 unspecified atom stereocenters. The quantitative estimate of drug-likeness (QED) is 0.699. The van der Waals surface area contributed by atoms with Crippen LogP contribution in [0, 0.1) is 5.92 Å². The molecule has 1 amide bonds. The van der Waals surface area contributed by atoms with Crippen molar-refractivity contribution in [1.29, 1.82) is 0 Å². The van der Waals surface area contributed by atoms with Gasteiger partial charge in [-0.2, -0.15) is 0 Å². The topological polar surface area (TPSA) is 94.0 Å². The molecule has 0 bridgehead atoms. The average molecular weight is 234 g/mol. The summed E-state index contributed by atoms with van der Waals surface area (Å²) >= 11 is 0. The highest BCUT2D eigenvalue weighted by Crippen LogP contribution is 2.40. The zero-order valence-corrected chi connectivity index (χ0v) is 9.94. The largest absolute Gasteiger partial charge is 0.364 e. The first kappa shape index (κ1) is 11.9. The minimum absolute atomic E-state index is 0.150. The molecule has 1 aliphatic carbocycles. The number of nitrogens with two attached hydrogens (primary N) is 2. The monoisotopic (exact) mass is 234 g/mol. The van der Waals surface area contributed by atoms with Crippen LogP contribution in [0.25, 0.3) is 0 Å². The van der Waals surface area contributed by atoms with Gasteiger partial charge < -0.3 is 16.8 Å². The molecule has 2 rings (SSSR count). The second-order valence-corrected chi connectivity index (χ2v) is 4.79. The van der Waals surface area contributed by atoms with Gasteiger partial charge in [-0.15, -0.1) is 0 Å². The Bertz CT molecular complexity index is 430. The standard InChI is InChI=1S/C12H18N4O/c1-12(7-13,8-5-6-8)16-10-4-2-3-9(15-10)11(14)17/h2-4,8H,5-7,13H2,1H3,(H2,14,17)(H,15,16). The number of nitrogens with one attached hydrogen (secondary N) is 1. The van der Waals surface area contributed by atoms with E-state index < -0.39 is 5.91 Å². The number of carbonyl (C=O) groups is 1. The lowest BCUT2D eigenvalue weighted by Gasteiger charge is -2.30. The zero-order chi connectivity index (χ0) is 12.5. The molecule has 1 aliphatic rings. The van der Waals surface area contributed by atoms with Crippen molar-refractivity contribution in [3.8, 4) is 0 Å². The van der Waals surface area contributed by atoms with Crippen molar-refractivity contribution in [2.75, 3.05) is 11.9 Å². The van der Waals surface area contributed by atoms with E-state index >= 15 is 0 Å². The van der Waals surface area contributed by atoms with Crippen LogP contribution in [-0.4, -0.2) is 23.0 Å². The van der Waals surface area contributed by atoms with Gasteiger partial charge in [0.1, 0.15) is 11.5 Å². The van der Waals surface area contributed by atoms with Crippen LogP contribution in [0.4, 0.5) is 5.82 Å². The van der Waals surface area contributed by atoms with E-state index in [0.29, 0.717) is 18.3 Å². The summed E-state index contributed by atoms with van der Waals surface area (Å²) in [4.78, 5) is 15.2. The molecule has 0 radical (unpaired) electrons. The highest BCUT2D eigenvalue weighted by molar-refractivity contribution is 5.91. The van der Waals surface area contributed by atoms with Gasteiger partial charge in [0.2, 0.25) is 0 Å². The normalized spacial score (nSPS) is 18.5. The van der Waals surface area contributed by atoms with Gasteiger partial charge in [-0.3, -0.25) is 4.79 Å². The predicted molar refractivity (Wildman–Crippen MR) is 66.6 cm³/mol. The van der Waals surface area contributed by atoms with Crippen LogP contribution in [0.2, 0.25) is 0 Å². The van der Waals surface area contributed by atoms with Crippen LogP contribution in [0.1, 0.15) is 30.3 Å². The molecule has 5 N–H and O–H groups in total. The SMILES string of the molecule is CC(CN)(Nc1cccc(C(N)=O)n1)C1CC1. The third-order valence-electron chi connectivity index (χ3n) is 3.32. The number of rotatable bonds is 5. The fraction of sp³-hybridized carbons (Fsp3) is 0.500. The first-order chi connectivity index (χ1) is 8.05. The van der Waals surface area contributed by atoms with Gasteiger partial charge in [-0.05, 0) is 37.8 Å². The Morgan fingerprint density at radius 1 is 1.59 bits per heavy atom. The number of anilines is 1. The number of hydrogen-bond acceptors (Lipinski definition) is 4. The Labute approximate surface area is 101 Å². The number of primary amides is 1. The first-order valence-corrected chi connectivity index (χ1v) is 5.80. The molecule has 0 spiro atoms. The molecule has 1 atom stereocenters. The van der Waals surface area contributed by atoms with E-state index in [9.17, 15) is 4.79 Å². The molecule has 1 fully saturated rings. The number of hydrogen-bond donors (Lipinski definition) is 3. The van der Waals surface area contributed by atoms with Crippen LogP contribution in [0.15, 0.2) is 18.2 Å². The Balaban J connectivity index is 2.17. The molecular formula is C12H18N4O. The van der Waals surface area contributed by atoms with Crippen LogP contribution in [0.3, 0.4) is 0 Å². The predicted octanol–water partition coefficient (Wildman–Crippen LogP) is 0.720. The van der Waals surface area contributed by atoms with Crippen LogP contribution >= 0.6 is 0 Å². The van der Waals surface area contributed by atoms with Crippen molar-refractivity contribution in [3.63, 3.8) is 0 Å². The van der Waals surface area contributed by atoms with Gasteiger partial charge >= 0.3 is 0 Å². The molecule has 17 heavy (non-hydrogen) atoms. The fourth-order valence-electron chi connectivity index (χ4n) is 1.97. The maximum atomic E-state index is 11.0. The first-order valence-electron chi connectivity index (χ1n) is 5.80. The van der Waals surface area contributed by atoms with Gasteiger partial charge in [0.05, 0.1) is 5.54 Å². The number of nitrogens with zero attached hydrogens (tertiary/aromatic N) is 1. The Hall–Kier alpha value is -1.62. The molecule has 5 nitrogen and oxygen atoms in total. The van der Waals surface area contributed by atoms with Gasteiger partial charge in [-0.25, -0.2) is 4.98 Å². The number of aromatic nitrogens is 1. The second-order valence-electron chi connectivity index (χ2n) is 4.79. The van der Waals surface area contributed by atoms with E-state index in [1.165, 1.54) is 12.8 Å². The van der Waals surface area contributed by atoms with Crippen LogP contribution < -0.4 is 16.8 Å². The zero-order valence-electron chi connectivity index (χ0n) is 9.94. The van der Waals surface area contributed by atoms with Crippen molar-refractivity contribution < 1.29 is 4.79 Å². The Morgan fingerprint density at radius 2 is 2.29 bits per heavy atom. The van der Waals surface area contributed by atoms with E-state index in [1.807, 2.05) is 6.07 Å². The Kier molecular flexibility index (Phi) is 3.02. The minimum Gasteiger partial charge on any atom is -0.364 e. The molecule has 1 aromatic rings. The van der Waals surface area contributed by atoms with Crippen LogP contribution in [-0.2, 0) is 0 Å². The lowest BCUT2D eigenvalue weighted by molar-refractivity contribution is 0.0995. The molecule has 0 saturated heterocycles. The lowest BCUT2D eigenvalue weighted by Crippen LogP contribution is -2.45. The fourth-order valence-corrected chi connectivity index (χ4v) is 1.97. The molecule has 0 aliphatic heterocycles. The van der Waals surface area contributed by atoms with Gasteiger partial charge in [0, 0.05) is 6.54 Å². The summed E-state index contributed by atoms with van der Waals surface area (Å²) in [6.07, 6.45) is 2.38. The lowest BCUT2D eigenvalue weighted by atomic mass is 9.96. The van der Waals surface area contributed by atoms with Crippen molar-refractivity contribution in [2.24, 2.45) is 17.4 Å². The molecule has 1 saturated carbocycles. The summed E-state index contributed by atoms with van der Waals surface area (Å²) < 4.78 is 0. The van der Waals surface area contributed by atoms with E-state index in [4.69, 9.17) is 11.5 Å². The molecule has 92 valence electrons. The molecule has 5 heteroatoms. The summed E-state index contributed by atoms with van der Waals surface area (Å²) in [5.41, 5.74) is 11.1. The smallest absolute Gasteiger partial charge is 0.267 e. The van der Waals surface area contributed by atoms with E-state index in [-0.39, 0.29) is 11.2 Å². The van der Waals surface area contributed by atoms with Gasteiger partial charge in [-0.1, -0.05) is 6.07 Å². The second kappa shape index (κ2) is 4.33. The van der Waals surface area contributed by atoms with E-state index in [0.717, 1.165) is 0 Å². The van der Waals surface area contributed by atoms with Crippen LogP contribution in [0.5, 0.6) is 0 Å². The summed E-state index contributed by atoms with van der Waals surface area (Å²) in [6.45, 7) is 2.63. The highest BCUT2D eigenvalue weighted by Gasteiger charge is 2.40. The maximum absolute atomic E-state index is 11.0. The average Bonchev–Trinajstić information content (AvgIpc) is 3.13. The summed E-state index contributed by atoms with van der Waals surface area (Å²) in [7, 11) is 0. The summed E-state index contributed by atoms with van der Waals surface area (Å²) in [5, 5.41) is 3.32.